The van der Waals surface area contributed by atoms with E-state index in [1.165, 1.54) is 11.8 Å². The minimum Gasteiger partial charge on any atom is -0.484 e. The van der Waals surface area contributed by atoms with Crippen LogP contribution in [-0.2, 0) is 17.9 Å². The van der Waals surface area contributed by atoms with Crippen molar-refractivity contribution in [3.8, 4) is 5.75 Å². The van der Waals surface area contributed by atoms with Crippen molar-refractivity contribution in [1.82, 2.24) is 14.8 Å². The second-order valence-electron chi connectivity index (χ2n) is 6.07. The maximum Gasteiger partial charge on any atom is 0.234 e. The van der Waals surface area contributed by atoms with Crippen LogP contribution in [0.5, 0.6) is 5.75 Å². The number of halogens is 1. The van der Waals surface area contributed by atoms with Crippen molar-refractivity contribution in [3.63, 3.8) is 0 Å². The highest BCUT2D eigenvalue weighted by molar-refractivity contribution is 7.99. The van der Waals surface area contributed by atoms with Gasteiger partial charge in [-0.1, -0.05) is 53.2 Å². The number of aryl methyl sites for hydroxylation is 1. The molecule has 8 heteroatoms. The molecule has 0 aliphatic carbocycles. The van der Waals surface area contributed by atoms with Crippen LogP contribution >= 0.6 is 23.4 Å². The molecular weight excluding hydrogens is 396 g/mol. The molecule has 0 saturated carbocycles. The number of hydrogen-bond donors (Lipinski definition) is 1. The third-order valence-corrected chi connectivity index (χ3v) is 5.25. The van der Waals surface area contributed by atoms with E-state index in [0.29, 0.717) is 28.3 Å². The first-order valence-electron chi connectivity index (χ1n) is 8.85. The summed E-state index contributed by atoms with van der Waals surface area (Å²) in [6, 6.07) is 15.0. The molecule has 1 N–H and O–H groups in total. The van der Waals surface area contributed by atoms with Gasteiger partial charge in [-0.15, -0.1) is 10.2 Å². The smallest absolute Gasteiger partial charge is 0.234 e. The zero-order valence-corrected chi connectivity index (χ0v) is 17.3. The van der Waals surface area contributed by atoms with E-state index >= 15 is 0 Å². The second kappa shape index (κ2) is 9.61. The molecule has 6 nitrogen and oxygen atoms in total. The van der Waals surface area contributed by atoms with Gasteiger partial charge in [0.1, 0.15) is 12.4 Å². The number of carbonyl (C=O) groups is 1. The molecular formula is C20H21ClN4O2S. The Morgan fingerprint density at radius 3 is 2.64 bits per heavy atom. The molecule has 146 valence electrons. The van der Waals surface area contributed by atoms with Crippen LogP contribution in [0.15, 0.2) is 53.7 Å². The van der Waals surface area contributed by atoms with Gasteiger partial charge in [0.2, 0.25) is 5.91 Å². The highest BCUT2D eigenvalue weighted by atomic mass is 35.5. The summed E-state index contributed by atoms with van der Waals surface area (Å²) in [6.07, 6.45) is 0. The van der Waals surface area contributed by atoms with Gasteiger partial charge in [0.05, 0.1) is 10.8 Å². The maximum absolute atomic E-state index is 12.2. The number of amides is 1. The Morgan fingerprint density at radius 2 is 1.93 bits per heavy atom. The van der Waals surface area contributed by atoms with Gasteiger partial charge < -0.3 is 14.6 Å². The number of aromatic nitrogens is 3. The summed E-state index contributed by atoms with van der Waals surface area (Å²) >= 11 is 7.46. The summed E-state index contributed by atoms with van der Waals surface area (Å²) in [4.78, 5) is 12.2. The van der Waals surface area contributed by atoms with Crippen molar-refractivity contribution < 1.29 is 9.53 Å². The first-order valence-corrected chi connectivity index (χ1v) is 10.2. The van der Waals surface area contributed by atoms with Crippen molar-refractivity contribution in [3.05, 3.63) is 64.9 Å². The summed E-state index contributed by atoms with van der Waals surface area (Å²) in [6.45, 7) is 4.93. The SMILES string of the molecule is CCn1c(COc2ccccc2Cl)nnc1SCC(=O)Nc1ccc(C)cc1. The summed E-state index contributed by atoms with van der Waals surface area (Å²) in [5, 5.41) is 12.5. The van der Waals surface area contributed by atoms with E-state index < -0.39 is 0 Å². The zero-order chi connectivity index (χ0) is 19.9. The number of benzene rings is 2. The van der Waals surface area contributed by atoms with Crippen molar-refractivity contribution in [2.45, 2.75) is 32.2 Å². The van der Waals surface area contributed by atoms with Crippen LogP contribution in [0.1, 0.15) is 18.3 Å². The Hall–Kier alpha value is -2.51. The van der Waals surface area contributed by atoms with Crippen LogP contribution in [0, 0.1) is 6.92 Å². The van der Waals surface area contributed by atoms with Gasteiger partial charge in [0, 0.05) is 12.2 Å². The molecule has 1 heterocycles. The Labute approximate surface area is 173 Å². The van der Waals surface area contributed by atoms with Crippen LogP contribution < -0.4 is 10.1 Å². The number of nitrogens with zero attached hydrogens (tertiary/aromatic N) is 3. The molecule has 0 unspecified atom stereocenters. The van der Waals surface area contributed by atoms with Crippen molar-refractivity contribution in [2.24, 2.45) is 0 Å². The van der Waals surface area contributed by atoms with Crippen molar-refractivity contribution in [1.29, 1.82) is 0 Å². The van der Waals surface area contributed by atoms with Crippen molar-refractivity contribution >= 4 is 35.0 Å². The maximum atomic E-state index is 12.2. The zero-order valence-electron chi connectivity index (χ0n) is 15.7. The summed E-state index contributed by atoms with van der Waals surface area (Å²) in [5.74, 6) is 1.44. The number of rotatable bonds is 8. The Morgan fingerprint density at radius 1 is 1.18 bits per heavy atom. The van der Waals surface area contributed by atoms with Crippen LogP contribution in [0.4, 0.5) is 5.69 Å². The minimum atomic E-state index is -0.0895. The average Bonchev–Trinajstić information content (AvgIpc) is 3.09. The van der Waals surface area contributed by atoms with Gasteiger partial charge in [-0.05, 0) is 38.1 Å². The fraction of sp³-hybridized carbons (Fsp3) is 0.250. The molecule has 1 aromatic heterocycles. The lowest BCUT2D eigenvalue weighted by molar-refractivity contribution is -0.113. The fourth-order valence-electron chi connectivity index (χ4n) is 2.52. The quantitative estimate of drug-likeness (QED) is 0.545. The van der Waals surface area contributed by atoms with E-state index in [1.54, 1.807) is 12.1 Å². The molecule has 0 fully saturated rings. The molecule has 0 bridgehead atoms. The molecule has 3 rings (SSSR count). The summed E-state index contributed by atoms with van der Waals surface area (Å²) < 4.78 is 7.68. The molecule has 0 atom stereocenters. The van der Waals surface area contributed by atoms with E-state index in [1.807, 2.05) is 54.8 Å². The van der Waals surface area contributed by atoms with Gasteiger partial charge in [-0.3, -0.25) is 4.79 Å². The molecule has 0 radical (unpaired) electrons. The van der Waals surface area contributed by atoms with Crippen LogP contribution in [0.25, 0.3) is 0 Å². The van der Waals surface area contributed by atoms with Gasteiger partial charge in [0.15, 0.2) is 11.0 Å². The highest BCUT2D eigenvalue weighted by Gasteiger charge is 2.14. The molecule has 0 aliphatic heterocycles. The number of thioether (sulfide) groups is 1. The van der Waals surface area contributed by atoms with Crippen LogP contribution in [-0.4, -0.2) is 26.4 Å². The van der Waals surface area contributed by atoms with Crippen LogP contribution in [0.3, 0.4) is 0 Å². The van der Waals surface area contributed by atoms with Gasteiger partial charge in [-0.25, -0.2) is 0 Å². The molecule has 28 heavy (non-hydrogen) atoms. The summed E-state index contributed by atoms with van der Waals surface area (Å²) in [7, 11) is 0. The highest BCUT2D eigenvalue weighted by Crippen LogP contribution is 2.24. The standard InChI is InChI=1S/C20H21ClN4O2S/c1-3-25-18(12-27-17-7-5-4-6-16(17)21)23-24-20(25)28-13-19(26)22-15-10-8-14(2)9-11-15/h4-11H,3,12-13H2,1-2H3,(H,22,26). The largest absolute Gasteiger partial charge is 0.484 e. The van der Waals surface area contributed by atoms with E-state index in [9.17, 15) is 4.79 Å². The Balaban J connectivity index is 1.58. The van der Waals surface area contributed by atoms with Gasteiger partial charge in [0.25, 0.3) is 0 Å². The average molecular weight is 417 g/mol. The lowest BCUT2D eigenvalue weighted by Crippen LogP contribution is -2.15. The topological polar surface area (TPSA) is 69.0 Å². The lowest BCUT2D eigenvalue weighted by atomic mass is 10.2. The monoisotopic (exact) mass is 416 g/mol. The number of nitrogens with one attached hydrogen (secondary N) is 1. The predicted molar refractivity (Wildman–Crippen MR) is 112 cm³/mol. The third-order valence-electron chi connectivity index (χ3n) is 3.97. The predicted octanol–water partition coefficient (Wildman–Crippen LogP) is 4.57. The first kappa shape index (κ1) is 20.2. The first-order chi connectivity index (χ1) is 13.6. The van der Waals surface area contributed by atoms with E-state index in [-0.39, 0.29) is 18.3 Å². The van der Waals surface area contributed by atoms with E-state index in [4.69, 9.17) is 16.3 Å². The van der Waals surface area contributed by atoms with E-state index in [2.05, 4.69) is 15.5 Å². The number of para-hydroxylation sites is 1. The Bertz CT molecular complexity index is 944. The van der Waals surface area contributed by atoms with E-state index in [0.717, 1.165) is 11.3 Å². The number of hydrogen-bond acceptors (Lipinski definition) is 5. The molecule has 0 saturated heterocycles. The molecule has 0 spiro atoms. The molecule has 3 aromatic rings. The molecule has 2 aromatic carbocycles. The fourth-order valence-corrected chi connectivity index (χ4v) is 3.53. The van der Waals surface area contributed by atoms with Crippen LogP contribution in [0.2, 0.25) is 5.02 Å². The number of ether oxygens (including phenoxy) is 1. The normalized spacial score (nSPS) is 10.7. The van der Waals surface area contributed by atoms with Crippen molar-refractivity contribution in [2.75, 3.05) is 11.1 Å². The molecule has 0 aliphatic rings. The van der Waals surface area contributed by atoms with Gasteiger partial charge in [-0.2, -0.15) is 0 Å². The summed E-state index contributed by atoms with van der Waals surface area (Å²) in [5.41, 5.74) is 1.93. The second-order valence-corrected chi connectivity index (χ2v) is 7.41. The lowest BCUT2D eigenvalue weighted by Gasteiger charge is -2.10. The molecule has 1 amide bonds. The Kier molecular flexibility index (Phi) is 6.95. The number of anilines is 1. The number of carbonyl (C=O) groups excluding carboxylic acids is 1. The minimum absolute atomic E-state index is 0.0895. The third kappa shape index (κ3) is 5.27. The van der Waals surface area contributed by atoms with Gasteiger partial charge >= 0.3 is 0 Å².